The molecule has 1 aliphatic heterocycles. The van der Waals surface area contributed by atoms with E-state index in [1.807, 2.05) is 13.0 Å². The first-order chi connectivity index (χ1) is 15.0. The first-order valence-corrected chi connectivity index (χ1v) is 11.0. The summed E-state index contributed by atoms with van der Waals surface area (Å²) in [6.45, 7) is 7.09. The van der Waals surface area contributed by atoms with Gasteiger partial charge in [-0.15, -0.1) is 0 Å². The van der Waals surface area contributed by atoms with Gasteiger partial charge in [-0.1, -0.05) is 13.0 Å². The van der Waals surface area contributed by atoms with Crippen molar-refractivity contribution in [2.45, 2.75) is 39.7 Å². The van der Waals surface area contributed by atoms with Crippen LogP contribution in [0, 0.1) is 11.3 Å². The molecule has 3 aromatic heterocycles. The highest BCUT2D eigenvalue weighted by Gasteiger charge is 2.24. The topological polar surface area (TPSA) is 92.7 Å². The zero-order chi connectivity index (χ0) is 22.0. The van der Waals surface area contributed by atoms with Gasteiger partial charge in [0.05, 0.1) is 10.9 Å². The van der Waals surface area contributed by atoms with Crippen LogP contribution in [-0.4, -0.2) is 51.1 Å². The molecule has 0 aromatic carbocycles. The van der Waals surface area contributed by atoms with E-state index in [-0.39, 0.29) is 22.5 Å². The molecule has 0 unspecified atom stereocenters. The highest BCUT2D eigenvalue weighted by Crippen LogP contribution is 2.18. The summed E-state index contributed by atoms with van der Waals surface area (Å²) in [5, 5.41) is 9.15. The summed E-state index contributed by atoms with van der Waals surface area (Å²) in [5.41, 5.74) is 1.07. The number of aryl methyl sites for hydroxylation is 1. The Kier molecular flexibility index (Phi) is 6.18. The average Bonchev–Trinajstić information content (AvgIpc) is 2.78. The van der Waals surface area contributed by atoms with Crippen LogP contribution in [0.1, 0.15) is 43.5 Å². The van der Waals surface area contributed by atoms with Gasteiger partial charge >= 0.3 is 0 Å². The van der Waals surface area contributed by atoms with Crippen molar-refractivity contribution in [2.24, 2.45) is 5.92 Å². The number of nitrogens with zero attached hydrogens (tertiary/aromatic N) is 4. The van der Waals surface area contributed by atoms with E-state index in [0.717, 1.165) is 12.8 Å². The van der Waals surface area contributed by atoms with E-state index in [4.69, 9.17) is 10.1 Å². The molecule has 1 N–H and O–H groups in total. The van der Waals surface area contributed by atoms with Gasteiger partial charge in [-0.05, 0) is 50.3 Å². The van der Waals surface area contributed by atoms with Crippen molar-refractivity contribution in [1.29, 1.82) is 5.41 Å². The van der Waals surface area contributed by atoms with Crippen molar-refractivity contribution in [3.05, 3.63) is 51.9 Å². The third kappa shape index (κ3) is 4.12. The lowest BCUT2D eigenvalue weighted by Gasteiger charge is -2.30. The second kappa shape index (κ2) is 9.01. The van der Waals surface area contributed by atoms with E-state index >= 15 is 0 Å². The maximum Gasteiger partial charge on any atom is 0.267 e. The summed E-state index contributed by atoms with van der Waals surface area (Å²) >= 11 is 0. The molecule has 4 heterocycles. The predicted octanol–water partition coefficient (Wildman–Crippen LogP) is 2.43. The molecule has 8 heteroatoms. The number of fused-ring (bicyclic) bond motifs is 2. The van der Waals surface area contributed by atoms with Crippen LogP contribution in [-0.2, 0) is 11.3 Å². The third-order valence-electron chi connectivity index (χ3n) is 5.99. The van der Waals surface area contributed by atoms with E-state index in [1.54, 1.807) is 33.9 Å². The Morgan fingerprint density at radius 1 is 1.29 bits per heavy atom. The monoisotopic (exact) mass is 423 g/mol. The van der Waals surface area contributed by atoms with Crippen molar-refractivity contribution >= 4 is 22.6 Å². The molecule has 0 spiro atoms. The minimum absolute atomic E-state index is 0.0970. The van der Waals surface area contributed by atoms with Gasteiger partial charge < -0.3 is 14.2 Å². The summed E-state index contributed by atoms with van der Waals surface area (Å²) in [6.07, 6.45) is 4.24. The summed E-state index contributed by atoms with van der Waals surface area (Å²) in [4.78, 5) is 33.0. The molecule has 0 aliphatic carbocycles. The van der Waals surface area contributed by atoms with Crippen LogP contribution in [0.2, 0.25) is 0 Å². The van der Waals surface area contributed by atoms with Crippen LogP contribution in [0.4, 0.5) is 0 Å². The molecule has 0 radical (unpaired) electrons. The summed E-state index contributed by atoms with van der Waals surface area (Å²) in [7, 11) is 0. The lowest BCUT2D eigenvalue weighted by atomic mass is 9.98. The Morgan fingerprint density at radius 3 is 2.81 bits per heavy atom. The first kappa shape index (κ1) is 21.2. The van der Waals surface area contributed by atoms with Gasteiger partial charge in [0.25, 0.3) is 11.5 Å². The maximum atomic E-state index is 13.3. The van der Waals surface area contributed by atoms with E-state index in [9.17, 15) is 9.59 Å². The second-order valence-corrected chi connectivity index (χ2v) is 8.17. The van der Waals surface area contributed by atoms with Gasteiger partial charge in [0.2, 0.25) is 0 Å². The lowest BCUT2D eigenvalue weighted by Crippen LogP contribution is -2.41. The summed E-state index contributed by atoms with van der Waals surface area (Å²) in [5.74, 6) is 0.412. The van der Waals surface area contributed by atoms with Crippen LogP contribution >= 0.6 is 0 Å². The van der Waals surface area contributed by atoms with Gasteiger partial charge in [-0.2, -0.15) is 0 Å². The summed E-state index contributed by atoms with van der Waals surface area (Å²) in [6, 6.07) is 6.93. The molecule has 1 aliphatic rings. The Hall–Kier alpha value is -3.00. The number of pyridine rings is 2. The number of carbonyl (C=O) groups is 1. The standard InChI is InChI=1S/C23H29N5O3/c1-3-31-14-6-11-28-20(24)17(22(29)26-12-8-16(2)9-13-26)15-18-21(28)25-19-7-4-5-10-27(19)23(18)30/h4-5,7,10,15-16,24H,3,6,8-9,11-14H2,1-2H3. The van der Waals surface area contributed by atoms with Gasteiger partial charge in [0, 0.05) is 39.0 Å². The number of hydrogen-bond donors (Lipinski definition) is 1. The molecular formula is C23H29N5O3. The fourth-order valence-electron chi connectivity index (χ4n) is 4.12. The molecule has 1 fully saturated rings. The van der Waals surface area contributed by atoms with Crippen LogP contribution in [0.25, 0.3) is 16.7 Å². The number of rotatable bonds is 6. The second-order valence-electron chi connectivity index (χ2n) is 8.17. The molecule has 3 aromatic rings. The van der Waals surface area contributed by atoms with Gasteiger partial charge in [0.1, 0.15) is 16.8 Å². The van der Waals surface area contributed by atoms with Crippen molar-refractivity contribution in [2.75, 3.05) is 26.3 Å². The van der Waals surface area contributed by atoms with Gasteiger partial charge in [0.15, 0.2) is 0 Å². The van der Waals surface area contributed by atoms with Crippen molar-refractivity contribution < 1.29 is 9.53 Å². The van der Waals surface area contributed by atoms with Crippen LogP contribution in [0.5, 0.6) is 0 Å². The zero-order valence-corrected chi connectivity index (χ0v) is 18.1. The fourth-order valence-corrected chi connectivity index (χ4v) is 4.12. The maximum absolute atomic E-state index is 13.3. The fraction of sp³-hybridized carbons (Fsp3) is 0.478. The van der Waals surface area contributed by atoms with E-state index < -0.39 is 0 Å². The van der Waals surface area contributed by atoms with Crippen LogP contribution in [0.3, 0.4) is 0 Å². The van der Waals surface area contributed by atoms with E-state index in [2.05, 4.69) is 11.9 Å². The van der Waals surface area contributed by atoms with Crippen LogP contribution in [0.15, 0.2) is 35.3 Å². The Labute approximate surface area is 180 Å². The number of piperidine rings is 1. The molecule has 8 nitrogen and oxygen atoms in total. The molecule has 1 amide bonds. The highest BCUT2D eigenvalue weighted by atomic mass is 16.5. The Bertz CT molecular complexity index is 1220. The number of hydrogen-bond acceptors (Lipinski definition) is 5. The quantitative estimate of drug-likeness (QED) is 0.487. The van der Waals surface area contributed by atoms with Gasteiger partial charge in [-0.3, -0.25) is 19.4 Å². The number of likely N-dealkylation sites (tertiary alicyclic amines) is 1. The first-order valence-electron chi connectivity index (χ1n) is 11.0. The number of nitrogens with one attached hydrogen (secondary N) is 1. The largest absolute Gasteiger partial charge is 0.382 e. The molecular weight excluding hydrogens is 394 g/mol. The van der Waals surface area contributed by atoms with Crippen LogP contribution < -0.4 is 11.0 Å². The molecule has 0 bridgehead atoms. The molecule has 164 valence electrons. The Morgan fingerprint density at radius 2 is 2.06 bits per heavy atom. The number of ether oxygens (including phenoxy) is 1. The Balaban J connectivity index is 1.86. The molecule has 1 saturated heterocycles. The molecule has 0 saturated carbocycles. The summed E-state index contributed by atoms with van der Waals surface area (Å²) < 4.78 is 8.61. The van der Waals surface area contributed by atoms with E-state index in [1.165, 1.54) is 4.40 Å². The minimum Gasteiger partial charge on any atom is -0.382 e. The predicted molar refractivity (Wildman–Crippen MR) is 118 cm³/mol. The molecule has 0 atom stereocenters. The highest BCUT2D eigenvalue weighted by molar-refractivity contribution is 5.96. The van der Waals surface area contributed by atoms with Crippen molar-refractivity contribution in [3.63, 3.8) is 0 Å². The smallest absolute Gasteiger partial charge is 0.267 e. The number of carbonyl (C=O) groups excluding carboxylic acids is 1. The SMILES string of the molecule is CCOCCCn1c(=N)c(C(=O)N2CCC(C)CC2)cc2c(=O)n3ccccc3nc21. The molecule has 4 rings (SSSR count). The zero-order valence-electron chi connectivity index (χ0n) is 18.1. The third-order valence-corrected chi connectivity index (χ3v) is 5.99. The average molecular weight is 424 g/mol. The lowest BCUT2D eigenvalue weighted by molar-refractivity contribution is 0.0694. The molecule has 31 heavy (non-hydrogen) atoms. The number of aromatic nitrogens is 3. The van der Waals surface area contributed by atoms with Crippen molar-refractivity contribution in [3.8, 4) is 0 Å². The number of amides is 1. The van der Waals surface area contributed by atoms with E-state index in [0.29, 0.717) is 61.9 Å². The van der Waals surface area contributed by atoms with Gasteiger partial charge in [-0.25, -0.2) is 4.98 Å². The van der Waals surface area contributed by atoms with Crippen molar-refractivity contribution in [1.82, 2.24) is 18.9 Å². The minimum atomic E-state index is -0.236. The normalized spacial score (nSPS) is 15.1.